The summed E-state index contributed by atoms with van der Waals surface area (Å²) in [6.45, 7) is 0.364. The Kier molecular flexibility index (Phi) is 4.16. The van der Waals surface area contributed by atoms with Crippen LogP contribution < -0.4 is 0 Å². The maximum absolute atomic E-state index is 13.9. The average Bonchev–Trinajstić information content (AvgIpc) is 3.22. The molecule has 0 radical (unpaired) electrons. The van der Waals surface area contributed by atoms with E-state index in [4.69, 9.17) is 12.2 Å². The van der Waals surface area contributed by atoms with Gasteiger partial charge in [-0.2, -0.15) is 10.2 Å². The summed E-state index contributed by atoms with van der Waals surface area (Å²) < 4.78 is 18.0. The number of H-pyrrole nitrogens is 1. The number of hydrogen-bond donors (Lipinski definition) is 1. The standard InChI is InChI=1S/C21H18FN5S/c22-18-9-5-4-8-15(18)13-26-11-10-19(25-26)27-20(23-24-21(27)28)17-12-16(17)14-6-2-1-3-7-14/h1-11,16-17H,12-13H2,(H,24,28)/t16-,17+/m0/s1. The molecule has 1 aliphatic carbocycles. The second-order valence-corrected chi connectivity index (χ2v) is 7.43. The molecule has 0 spiro atoms. The number of aromatic amines is 1. The van der Waals surface area contributed by atoms with Crippen molar-refractivity contribution in [3.05, 3.63) is 94.4 Å². The minimum Gasteiger partial charge on any atom is -0.266 e. The molecule has 0 saturated heterocycles. The van der Waals surface area contributed by atoms with Crippen LogP contribution in [0.15, 0.2) is 66.9 Å². The van der Waals surface area contributed by atoms with Gasteiger partial charge >= 0.3 is 0 Å². The van der Waals surface area contributed by atoms with Crippen LogP contribution >= 0.6 is 12.2 Å². The first-order valence-electron chi connectivity index (χ1n) is 9.20. The van der Waals surface area contributed by atoms with Gasteiger partial charge in [-0.3, -0.25) is 14.3 Å². The third-order valence-corrected chi connectivity index (χ3v) is 5.47. The van der Waals surface area contributed by atoms with Gasteiger partial charge in [0, 0.05) is 23.7 Å². The molecule has 140 valence electrons. The summed E-state index contributed by atoms with van der Waals surface area (Å²) in [5, 5.41) is 12.0. The maximum atomic E-state index is 13.9. The van der Waals surface area contributed by atoms with E-state index in [9.17, 15) is 4.39 Å². The van der Waals surface area contributed by atoms with Crippen molar-refractivity contribution in [3.63, 3.8) is 0 Å². The summed E-state index contributed by atoms with van der Waals surface area (Å²) in [6, 6.07) is 19.1. The zero-order valence-corrected chi connectivity index (χ0v) is 15.8. The van der Waals surface area contributed by atoms with Crippen LogP contribution in [-0.2, 0) is 6.54 Å². The molecule has 0 unspecified atom stereocenters. The van der Waals surface area contributed by atoms with Gasteiger partial charge in [-0.05, 0) is 36.2 Å². The molecule has 1 N–H and O–H groups in total. The molecule has 0 aliphatic heterocycles. The fraction of sp³-hybridized carbons (Fsp3) is 0.190. The monoisotopic (exact) mass is 391 g/mol. The third-order valence-electron chi connectivity index (χ3n) is 5.19. The average molecular weight is 391 g/mol. The molecule has 2 atom stereocenters. The highest BCUT2D eigenvalue weighted by molar-refractivity contribution is 7.71. The summed E-state index contributed by atoms with van der Waals surface area (Å²) in [5.41, 5.74) is 1.91. The normalized spacial score (nSPS) is 18.3. The first-order valence-corrected chi connectivity index (χ1v) is 9.61. The topological polar surface area (TPSA) is 51.4 Å². The smallest absolute Gasteiger partial charge is 0.201 e. The van der Waals surface area contributed by atoms with E-state index >= 15 is 0 Å². The highest BCUT2D eigenvalue weighted by atomic mass is 32.1. The lowest BCUT2D eigenvalue weighted by molar-refractivity contribution is 0.583. The Hall–Kier alpha value is -3.06. The molecule has 1 fully saturated rings. The Morgan fingerprint density at radius 1 is 1.04 bits per heavy atom. The van der Waals surface area contributed by atoms with Gasteiger partial charge in [0.1, 0.15) is 11.6 Å². The molecular weight excluding hydrogens is 373 g/mol. The van der Waals surface area contributed by atoms with Crippen molar-refractivity contribution < 1.29 is 4.39 Å². The van der Waals surface area contributed by atoms with E-state index in [1.807, 2.05) is 29.0 Å². The maximum Gasteiger partial charge on any atom is 0.201 e. The summed E-state index contributed by atoms with van der Waals surface area (Å²) >= 11 is 5.45. The number of nitrogens with one attached hydrogen (secondary N) is 1. The van der Waals surface area contributed by atoms with Crippen molar-refractivity contribution in [2.75, 3.05) is 0 Å². The van der Waals surface area contributed by atoms with Crippen molar-refractivity contribution in [1.29, 1.82) is 0 Å². The molecule has 5 rings (SSSR count). The zero-order valence-electron chi connectivity index (χ0n) is 15.0. The first-order chi connectivity index (χ1) is 13.7. The molecule has 2 aromatic carbocycles. The molecule has 5 nitrogen and oxygen atoms in total. The Morgan fingerprint density at radius 2 is 1.82 bits per heavy atom. The molecule has 1 saturated carbocycles. The van der Waals surface area contributed by atoms with Crippen LogP contribution in [0.1, 0.15) is 35.2 Å². The van der Waals surface area contributed by atoms with Crippen LogP contribution in [-0.4, -0.2) is 24.5 Å². The van der Waals surface area contributed by atoms with Crippen LogP contribution in [0.25, 0.3) is 5.82 Å². The van der Waals surface area contributed by atoms with Crippen molar-refractivity contribution in [2.45, 2.75) is 24.8 Å². The van der Waals surface area contributed by atoms with E-state index in [-0.39, 0.29) is 5.82 Å². The molecule has 2 heterocycles. The van der Waals surface area contributed by atoms with Crippen LogP contribution in [0.2, 0.25) is 0 Å². The molecule has 28 heavy (non-hydrogen) atoms. The number of nitrogens with zero attached hydrogens (tertiary/aromatic N) is 4. The van der Waals surface area contributed by atoms with Gasteiger partial charge < -0.3 is 0 Å². The van der Waals surface area contributed by atoms with Crippen LogP contribution in [0, 0.1) is 10.6 Å². The van der Waals surface area contributed by atoms with E-state index in [0.29, 0.717) is 34.5 Å². The van der Waals surface area contributed by atoms with E-state index in [0.717, 1.165) is 12.2 Å². The number of benzene rings is 2. The highest BCUT2D eigenvalue weighted by Gasteiger charge is 2.43. The van der Waals surface area contributed by atoms with Crippen LogP contribution in [0.3, 0.4) is 0 Å². The second-order valence-electron chi connectivity index (χ2n) is 7.04. The van der Waals surface area contributed by atoms with Gasteiger partial charge in [-0.1, -0.05) is 48.5 Å². The third kappa shape index (κ3) is 3.07. The fourth-order valence-electron chi connectivity index (χ4n) is 3.69. The van der Waals surface area contributed by atoms with E-state index in [2.05, 4.69) is 39.6 Å². The van der Waals surface area contributed by atoms with Crippen molar-refractivity contribution >= 4 is 12.2 Å². The van der Waals surface area contributed by atoms with Crippen molar-refractivity contribution in [2.24, 2.45) is 0 Å². The largest absolute Gasteiger partial charge is 0.266 e. The molecular formula is C21H18FN5S. The predicted octanol–water partition coefficient (Wildman–Crippen LogP) is 4.58. The Labute approximate surface area is 166 Å². The lowest BCUT2D eigenvalue weighted by atomic mass is 10.1. The Bertz CT molecular complexity index is 1180. The minimum absolute atomic E-state index is 0.233. The summed E-state index contributed by atoms with van der Waals surface area (Å²) in [6.07, 6.45) is 2.88. The van der Waals surface area contributed by atoms with Crippen LogP contribution in [0.4, 0.5) is 4.39 Å². The summed E-state index contributed by atoms with van der Waals surface area (Å²) in [4.78, 5) is 0. The molecule has 2 aromatic heterocycles. The fourth-order valence-corrected chi connectivity index (χ4v) is 3.92. The lowest BCUT2D eigenvalue weighted by Gasteiger charge is -2.05. The van der Waals surface area contributed by atoms with Gasteiger partial charge in [0.2, 0.25) is 4.77 Å². The van der Waals surface area contributed by atoms with Gasteiger partial charge in [0.15, 0.2) is 5.82 Å². The Morgan fingerprint density at radius 3 is 2.64 bits per heavy atom. The minimum atomic E-state index is -0.233. The number of halogens is 1. The van der Waals surface area contributed by atoms with Crippen molar-refractivity contribution in [1.82, 2.24) is 24.5 Å². The van der Waals surface area contributed by atoms with Gasteiger partial charge in [-0.15, -0.1) is 0 Å². The van der Waals surface area contributed by atoms with Gasteiger partial charge in [0.25, 0.3) is 0 Å². The zero-order chi connectivity index (χ0) is 19.1. The van der Waals surface area contributed by atoms with E-state index in [1.54, 1.807) is 16.8 Å². The summed E-state index contributed by atoms with van der Waals surface area (Å²) in [7, 11) is 0. The van der Waals surface area contributed by atoms with E-state index < -0.39 is 0 Å². The number of hydrogen-bond acceptors (Lipinski definition) is 3. The molecule has 0 bridgehead atoms. The van der Waals surface area contributed by atoms with E-state index in [1.165, 1.54) is 11.6 Å². The van der Waals surface area contributed by atoms with Crippen molar-refractivity contribution in [3.8, 4) is 5.82 Å². The SMILES string of the molecule is Fc1ccccc1Cn1ccc(-n2c([C@@H]3C[C@H]3c3ccccc3)n[nH]c2=S)n1. The summed E-state index contributed by atoms with van der Waals surface area (Å²) in [5.74, 6) is 2.13. The molecule has 7 heteroatoms. The number of aromatic nitrogens is 5. The highest BCUT2D eigenvalue weighted by Crippen LogP contribution is 2.54. The quantitative estimate of drug-likeness (QED) is 0.507. The van der Waals surface area contributed by atoms with Gasteiger partial charge in [0.05, 0.1) is 6.54 Å². The van der Waals surface area contributed by atoms with Gasteiger partial charge in [-0.25, -0.2) is 4.39 Å². The predicted molar refractivity (Wildman–Crippen MR) is 107 cm³/mol. The molecule has 0 amide bonds. The Balaban J connectivity index is 1.43. The number of rotatable bonds is 5. The lowest BCUT2D eigenvalue weighted by Crippen LogP contribution is -2.06. The molecule has 1 aliphatic rings. The first kappa shape index (κ1) is 17.1. The second kappa shape index (κ2) is 6.83. The molecule has 4 aromatic rings. The van der Waals surface area contributed by atoms with Crippen LogP contribution in [0.5, 0.6) is 0 Å².